The number of hydrogen-bond donors (Lipinski definition) is 2. The van der Waals surface area contributed by atoms with E-state index in [4.69, 9.17) is 0 Å². The predicted molar refractivity (Wildman–Crippen MR) is 79.0 cm³/mol. The van der Waals surface area contributed by atoms with Crippen molar-refractivity contribution in [3.05, 3.63) is 17.0 Å². The van der Waals surface area contributed by atoms with Crippen LogP contribution >= 0.6 is 11.3 Å². The topological polar surface area (TPSA) is 75.3 Å². The lowest BCUT2D eigenvalue weighted by atomic mass is 9.89. The van der Waals surface area contributed by atoms with Gasteiger partial charge >= 0.3 is 0 Å². The maximum absolute atomic E-state index is 12.0. The molecule has 0 saturated heterocycles. The Hall–Kier alpha value is -0.920. The van der Waals surface area contributed by atoms with Gasteiger partial charge in [0.25, 0.3) is 0 Å². The van der Waals surface area contributed by atoms with Gasteiger partial charge in [-0.2, -0.15) is 0 Å². The summed E-state index contributed by atoms with van der Waals surface area (Å²) in [5.74, 6) is 0.223. The molecule has 0 atom stereocenters. The number of amides is 1. The summed E-state index contributed by atoms with van der Waals surface area (Å²) in [5.41, 5.74) is 0. The van der Waals surface area contributed by atoms with Gasteiger partial charge in [0.1, 0.15) is 4.21 Å². The van der Waals surface area contributed by atoms with Gasteiger partial charge in [-0.05, 0) is 32.0 Å². The first-order valence-corrected chi connectivity index (χ1v) is 9.13. The lowest BCUT2D eigenvalue weighted by Crippen LogP contribution is -2.31. The van der Waals surface area contributed by atoms with Crippen molar-refractivity contribution in [2.75, 3.05) is 7.05 Å². The van der Waals surface area contributed by atoms with Crippen LogP contribution in [0.2, 0.25) is 0 Å². The van der Waals surface area contributed by atoms with Gasteiger partial charge in [-0.15, -0.1) is 11.3 Å². The molecule has 20 heavy (non-hydrogen) atoms. The van der Waals surface area contributed by atoms with Crippen LogP contribution in [0.5, 0.6) is 0 Å². The van der Waals surface area contributed by atoms with Crippen molar-refractivity contribution >= 4 is 27.3 Å². The molecule has 1 aliphatic rings. The Balaban J connectivity index is 1.89. The normalized spacial score (nSPS) is 17.1. The molecule has 1 fully saturated rings. The Morgan fingerprint density at radius 3 is 2.65 bits per heavy atom. The summed E-state index contributed by atoms with van der Waals surface area (Å²) < 4.78 is 25.8. The van der Waals surface area contributed by atoms with E-state index in [2.05, 4.69) is 10.0 Å². The molecule has 2 N–H and O–H groups in total. The van der Waals surface area contributed by atoms with E-state index >= 15 is 0 Å². The standard InChI is InChI=1S/C13H20N2O3S2/c1-14-20(17,18)12-8-7-11(19-12)9-15-13(16)10-5-3-2-4-6-10/h7-8,10,14H,2-6,9H2,1H3,(H,15,16). The lowest BCUT2D eigenvalue weighted by molar-refractivity contribution is -0.126. The van der Waals surface area contributed by atoms with E-state index in [1.807, 2.05) is 0 Å². The maximum atomic E-state index is 12.0. The van der Waals surface area contributed by atoms with Gasteiger partial charge in [0.15, 0.2) is 0 Å². The van der Waals surface area contributed by atoms with Gasteiger partial charge in [0, 0.05) is 10.8 Å². The van der Waals surface area contributed by atoms with E-state index in [0.29, 0.717) is 6.54 Å². The summed E-state index contributed by atoms with van der Waals surface area (Å²) in [7, 11) is -1.99. The van der Waals surface area contributed by atoms with Crippen molar-refractivity contribution in [1.82, 2.24) is 10.0 Å². The average molecular weight is 316 g/mol. The second-order valence-corrected chi connectivity index (χ2v) is 8.26. The summed E-state index contributed by atoms with van der Waals surface area (Å²) in [6.07, 6.45) is 5.41. The van der Waals surface area contributed by atoms with Crippen LogP contribution in [-0.4, -0.2) is 21.4 Å². The number of sulfonamides is 1. The molecule has 112 valence electrons. The molecule has 0 radical (unpaired) electrons. The SMILES string of the molecule is CNS(=O)(=O)c1ccc(CNC(=O)C2CCCCC2)s1. The Bertz CT molecular complexity index is 560. The second kappa shape index (κ2) is 6.69. The van der Waals surface area contributed by atoms with Gasteiger partial charge < -0.3 is 5.32 Å². The highest BCUT2D eigenvalue weighted by molar-refractivity contribution is 7.91. The monoisotopic (exact) mass is 316 g/mol. The Labute approximate surface area is 123 Å². The summed E-state index contributed by atoms with van der Waals surface area (Å²) in [6.45, 7) is 0.402. The smallest absolute Gasteiger partial charge is 0.249 e. The fourth-order valence-corrected chi connectivity index (χ4v) is 4.51. The molecule has 0 unspecified atom stereocenters. The average Bonchev–Trinajstić information content (AvgIpc) is 2.95. The number of carbonyl (C=O) groups excluding carboxylic acids is 1. The Morgan fingerprint density at radius 2 is 2.00 bits per heavy atom. The number of rotatable bonds is 5. The highest BCUT2D eigenvalue weighted by Crippen LogP contribution is 2.24. The number of nitrogens with one attached hydrogen (secondary N) is 2. The highest BCUT2D eigenvalue weighted by Gasteiger charge is 2.21. The third-order valence-electron chi connectivity index (χ3n) is 3.58. The summed E-state index contributed by atoms with van der Waals surface area (Å²) in [6, 6.07) is 3.31. The predicted octanol–water partition coefficient (Wildman–Crippen LogP) is 1.85. The Kier molecular flexibility index (Phi) is 5.17. The molecule has 2 rings (SSSR count). The van der Waals surface area contributed by atoms with Crippen LogP contribution < -0.4 is 10.0 Å². The molecule has 7 heteroatoms. The molecule has 5 nitrogen and oxygen atoms in total. The molecule has 1 aliphatic carbocycles. The van der Waals surface area contributed by atoms with Gasteiger partial charge in [-0.25, -0.2) is 13.1 Å². The summed E-state index contributed by atoms with van der Waals surface area (Å²) in [4.78, 5) is 12.8. The van der Waals surface area contributed by atoms with Crippen LogP contribution in [0.3, 0.4) is 0 Å². The minimum atomic E-state index is -3.38. The zero-order valence-corrected chi connectivity index (χ0v) is 13.1. The van der Waals surface area contributed by atoms with E-state index in [-0.39, 0.29) is 16.0 Å². The fourth-order valence-electron chi connectivity index (χ4n) is 2.38. The van der Waals surface area contributed by atoms with Crippen LogP contribution in [0, 0.1) is 5.92 Å². The first kappa shape index (κ1) is 15.5. The van der Waals surface area contributed by atoms with E-state index in [1.165, 1.54) is 24.8 Å². The van der Waals surface area contributed by atoms with E-state index in [0.717, 1.165) is 30.6 Å². The zero-order chi connectivity index (χ0) is 14.6. The van der Waals surface area contributed by atoms with Crippen LogP contribution in [0.25, 0.3) is 0 Å². The van der Waals surface area contributed by atoms with Crippen molar-refractivity contribution < 1.29 is 13.2 Å². The third kappa shape index (κ3) is 3.80. The largest absolute Gasteiger partial charge is 0.351 e. The zero-order valence-electron chi connectivity index (χ0n) is 11.5. The van der Waals surface area contributed by atoms with E-state index in [1.54, 1.807) is 12.1 Å². The molecular weight excluding hydrogens is 296 g/mol. The van der Waals surface area contributed by atoms with E-state index < -0.39 is 10.0 Å². The molecule has 1 heterocycles. The van der Waals surface area contributed by atoms with Gasteiger partial charge in [-0.1, -0.05) is 19.3 Å². The van der Waals surface area contributed by atoms with Crippen molar-refractivity contribution in [1.29, 1.82) is 0 Å². The van der Waals surface area contributed by atoms with Gasteiger partial charge in [0.2, 0.25) is 15.9 Å². The molecule has 0 aliphatic heterocycles. The minimum absolute atomic E-state index is 0.0936. The van der Waals surface area contributed by atoms with Crippen LogP contribution in [0.1, 0.15) is 37.0 Å². The van der Waals surface area contributed by atoms with Gasteiger partial charge in [-0.3, -0.25) is 4.79 Å². The molecule has 1 amide bonds. The molecule has 0 bridgehead atoms. The molecule has 0 aromatic carbocycles. The number of thiophene rings is 1. The first-order chi connectivity index (χ1) is 9.53. The molecule has 0 spiro atoms. The maximum Gasteiger partial charge on any atom is 0.249 e. The lowest BCUT2D eigenvalue weighted by Gasteiger charge is -2.20. The quantitative estimate of drug-likeness (QED) is 0.870. The minimum Gasteiger partial charge on any atom is -0.351 e. The molecule has 1 saturated carbocycles. The van der Waals surface area contributed by atoms with Crippen molar-refractivity contribution in [2.24, 2.45) is 5.92 Å². The molecule has 1 aromatic rings. The van der Waals surface area contributed by atoms with Gasteiger partial charge in [0.05, 0.1) is 6.54 Å². The first-order valence-electron chi connectivity index (χ1n) is 6.83. The van der Waals surface area contributed by atoms with Crippen molar-refractivity contribution in [2.45, 2.75) is 42.9 Å². The van der Waals surface area contributed by atoms with Crippen LogP contribution in [0.4, 0.5) is 0 Å². The molecule has 1 aromatic heterocycles. The van der Waals surface area contributed by atoms with Crippen molar-refractivity contribution in [3.63, 3.8) is 0 Å². The summed E-state index contributed by atoms with van der Waals surface area (Å²) >= 11 is 1.19. The van der Waals surface area contributed by atoms with Crippen molar-refractivity contribution in [3.8, 4) is 0 Å². The molecular formula is C13H20N2O3S2. The van der Waals surface area contributed by atoms with Crippen LogP contribution in [0.15, 0.2) is 16.3 Å². The second-order valence-electron chi connectivity index (χ2n) is 4.98. The third-order valence-corrected chi connectivity index (χ3v) is 6.57. The number of hydrogen-bond acceptors (Lipinski definition) is 4. The number of carbonyl (C=O) groups is 1. The van der Waals surface area contributed by atoms with E-state index in [9.17, 15) is 13.2 Å². The fraction of sp³-hybridized carbons (Fsp3) is 0.615. The Morgan fingerprint density at radius 1 is 1.30 bits per heavy atom. The summed E-state index contributed by atoms with van der Waals surface area (Å²) in [5, 5.41) is 2.91. The highest BCUT2D eigenvalue weighted by atomic mass is 32.2. The van der Waals surface area contributed by atoms with Crippen LogP contribution in [-0.2, 0) is 21.4 Å².